The lowest BCUT2D eigenvalue weighted by molar-refractivity contribution is -0.00239. The summed E-state index contributed by atoms with van der Waals surface area (Å²) in [5.74, 6) is 1.70. The van der Waals surface area contributed by atoms with E-state index in [1.165, 1.54) is 49.7 Å². The number of rotatable bonds is 28. The molecule has 6 heteroatoms. The van der Waals surface area contributed by atoms with Crippen molar-refractivity contribution in [1.82, 2.24) is 0 Å². The molecule has 0 fully saturated rings. The van der Waals surface area contributed by atoms with E-state index in [2.05, 4.69) is 55.5 Å². The minimum atomic E-state index is -0.301. The molecule has 0 radical (unpaired) electrons. The summed E-state index contributed by atoms with van der Waals surface area (Å²) in [6, 6.07) is 16.9. The zero-order valence-electron chi connectivity index (χ0n) is 26.5. The lowest BCUT2D eigenvalue weighted by Crippen LogP contribution is -2.24. The summed E-state index contributed by atoms with van der Waals surface area (Å²) in [4.78, 5) is 0. The smallest absolute Gasteiger partial charge is 0.241 e. The van der Waals surface area contributed by atoms with Crippen molar-refractivity contribution in [1.29, 1.82) is 0 Å². The van der Waals surface area contributed by atoms with E-state index in [0.29, 0.717) is 0 Å². The predicted molar refractivity (Wildman–Crippen MR) is 175 cm³/mol. The Kier molecular flexibility index (Phi) is 21.8. The third-order valence-corrected chi connectivity index (χ3v) is 7.42. The van der Waals surface area contributed by atoms with Crippen molar-refractivity contribution in [2.45, 2.75) is 116 Å². The molecule has 238 valence electrons. The highest BCUT2D eigenvalue weighted by molar-refractivity contribution is 5.29. The summed E-state index contributed by atoms with van der Waals surface area (Å²) in [7, 11) is 0. The van der Waals surface area contributed by atoms with Crippen molar-refractivity contribution in [3.05, 3.63) is 59.7 Å². The summed E-state index contributed by atoms with van der Waals surface area (Å²) in [5, 5.41) is 0. The topological polar surface area (TPSA) is 89.0 Å². The van der Waals surface area contributed by atoms with Crippen LogP contribution in [0.1, 0.15) is 108 Å². The third-order valence-electron chi connectivity index (χ3n) is 7.42. The largest absolute Gasteiger partial charge is 0.455 e. The highest BCUT2D eigenvalue weighted by Gasteiger charge is 2.13. The summed E-state index contributed by atoms with van der Waals surface area (Å²) in [6.45, 7) is 7.13. The van der Waals surface area contributed by atoms with Crippen LogP contribution < -0.4 is 20.9 Å². The molecule has 0 aliphatic rings. The van der Waals surface area contributed by atoms with Crippen LogP contribution in [0.15, 0.2) is 48.5 Å². The first-order valence-electron chi connectivity index (χ1n) is 16.8. The van der Waals surface area contributed by atoms with Gasteiger partial charge in [0.25, 0.3) is 0 Å². The van der Waals surface area contributed by atoms with Gasteiger partial charge in [-0.2, -0.15) is 0 Å². The van der Waals surface area contributed by atoms with Gasteiger partial charge in [0.2, 0.25) is 6.29 Å². The van der Waals surface area contributed by atoms with Crippen LogP contribution in [0.2, 0.25) is 0 Å². The van der Waals surface area contributed by atoms with Gasteiger partial charge in [-0.05, 0) is 106 Å². The van der Waals surface area contributed by atoms with Gasteiger partial charge in [0.15, 0.2) is 0 Å². The van der Waals surface area contributed by atoms with Gasteiger partial charge in [-0.15, -0.1) is 0 Å². The van der Waals surface area contributed by atoms with Crippen LogP contribution in [0, 0.1) is 0 Å². The molecule has 0 amide bonds. The second-order valence-electron chi connectivity index (χ2n) is 11.3. The molecule has 4 N–H and O–H groups in total. The molecule has 0 atom stereocenters. The fourth-order valence-corrected chi connectivity index (χ4v) is 4.84. The second-order valence-corrected chi connectivity index (χ2v) is 11.3. The van der Waals surface area contributed by atoms with Gasteiger partial charge in [-0.3, -0.25) is 0 Å². The number of hydrogen-bond acceptors (Lipinski definition) is 6. The zero-order chi connectivity index (χ0) is 29.9. The highest BCUT2D eigenvalue weighted by atomic mass is 16.7. The maximum absolute atomic E-state index is 6.30. The number of unbranched alkanes of at least 4 members (excludes halogenated alkanes) is 8. The SMILES string of the molecule is CCCCCC(Oc1ccc(CCCOCCCCCCN)cc1)Oc1ccc(CCCOCCCCCCN)cc1. The van der Waals surface area contributed by atoms with Crippen LogP contribution in [0.25, 0.3) is 0 Å². The number of nitrogens with two attached hydrogens (primary N) is 2. The molecule has 0 aliphatic heterocycles. The van der Waals surface area contributed by atoms with E-state index in [4.69, 9.17) is 30.4 Å². The van der Waals surface area contributed by atoms with E-state index < -0.39 is 0 Å². The molecule has 6 nitrogen and oxygen atoms in total. The lowest BCUT2D eigenvalue weighted by atomic mass is 10.1. The Hall–Kier alpha value is -2.12. The molecular formula is C36H60N2O4. The zero-order valence-corrected chi connectivity index (χ0v) is 26.5. The molecule has 0 bridgehead atoms. The molecule has 0 spiro atoms. The van der Waals surface area contributed by atoms with Gasteiger partial charge in [0.05, 0.1) is 0 Å². The monoisotopic (exact) mass is 584 g/mol. The number of aryl methyl sites for hydroxylation is 2. The maximum Gasteiger partial charge on any atom is 0.241 e. The van der Waals surface area contributed by atoms with Crippen molar-refractivity contribution in [3.8, 4) is 11.5 Å². The highest BCUT2D eigenvalue weighted by Crippen LogP contribution is 2.21. The number of ether oxygens (including phenoxy) is 4. The Bertz CT molecular complexity index is 792. The standard InChI is InChI=1S/C36H60N2O4/c1-2-3-8-17-36(41-34-22-18-32(19-23-34)15-13-30-39-28-11-6-4-9-26-37)42-35-24-20-33(21-25-35)16-14-31-40-29-12-7-5-10-27-38/h18-25,36H,2-17,26-31,37-38H2,1H3. The molecule has 0 aromatic heterocycles. The first-order valence-corrected chi connectivity index (χ1v) is 16.8. The molecule has 2 aromatic rings. The minimum Gasteiger partial charge on any atom is -0.455 e. The van der Waals surface area contributed by atoms with Crippen LogP contribution >= 0.6 is 0 Å². The van der Waals surface area contributed by atoms with Crippen LogP contribution in [0.4, 0.5) is 0 Å². The number of hydrogen-bond donors (Lipinski definition) is 2. The third kappa shape index (κ3) is 18.4. The van der Waals surface area contributed by atoms with E-state index in [0.717, 1.165) is 115 Å². The normalized spacial score (nSPS) is 11.3. The summed E-state index contributed by atoms with van der Waals surface area (Å²) >= 11 is 0. The number of benzene rings is 2. The van der Waals surface area contributed by atoms with Crippen molar-refractivity contribution in [2.75, 3.05) is 39.5 Å². The van der Waals surface area contributed by atoms with Crippen molar-refractivity contribution in [3.63, 3.8) is 0 Å². The van der Waals surface area contributed by atoms with Crippen LogP contribution in [0.5, 0.6) is 11.5 Å². The Morgan fingerprint density at radius 3 is 1.36 bits per heavy atom. The summed E-state index contributed by atoms with van der Waals surface area (Å²) in [5.41, 5.74) is 13.7. The molecule has 2 aromatic carbocycles. The van der Waals surface area contributed by atoms with Gasteiger partial charge in [0, 0.05) is 32.8 Å². The van der Waals surface area contributed by atoms with E-state index >= 15 is 0 Å². The molecule has 0 saturated carbocycles. The molecular weight excluding hydrogens is 524 g/mol. The predicted octanol–water partition coefficient (Wildman–Crippen LogP) is 7.99. The molecule has 0 aliphatic carbocycles. The Morgan fingerprint density at radius 1 is 0.500 bits per heavy atom. The molecule has 0 unspecified atom stereocenters. The lowest BCUT2D eigenvalue weighted by Gasteiger charge is -2.21. The van der Waals surface area contributed by atoms with E-state index in [9.17, 15) is 0 Å². The van der Waals surface area contributed by atoms with Crippen molar-refractivity contribution < 1.29 is 18.9 Å². The Balaban J connectivity index is 1.70. The van der Waals surface area contributed by atoms with Gasteiger partial charge >= 0.3 is 0 Å². The molecule has 2 rings (SSSR count). The van der Waals surface area contributed by atoms with Crippen molar-refractivity contribution in [2.24, 2.45) is 11.5 Å². The Morgan fingerprint density at radius 2 is 0.929 bits per heavy atom. The van der Waals surface area contributed by atoms with E-state index in [1.807, 2.05) is 0 Å². The minimum absolute atomic E-state index is 0.301. The van der Waals surface area contributed by atoms with Crippen molar-refractivity contribution >= 4 is 0 Å². The quantitative estimate of drug-likeness (QED) is 0.0778. The summed E-state index contributed by atoms with van der Waals surface area (Å²) in [6.07, 6.45) is 17.4. The van der Waals surface area contributed by atoms with E-state index in [-0.39, 0.29) is 6.29 Å². The van der Waals surface area contributed by atoms with Gasteiger partial charge in [0.1, 0.15) is 11.5 Å². The first kappa shape index (κ1) is 36.1. The maximum atomic E-state index is 6.30. The van der Waals surface area contributed by atoms with E-state index in [1.54, 1.807) is 0 Å². The van der Waals surface area contributed by atoms with Gasteiger partial charge in [-0.1, -0.05) is 69.7 Å². The first-order chi connectivity index (χ1) is 20.7. The average molecular weight is 585 g/mol. The fourth-order valence-electron chi connectivity index (χ4n) is 4.84. The second kappa shape index (κ2) is 25.4. The molecule has 42 heavy (non-hydrogen) atoms. The molecule has 0 saturated heterocycles. The van der Waals surface area contributed by atoms with Crippen LogP contribution in [-0.4, -0.2) is 45.8 Å². The van der Waals surface area contributed by atoms with Crippen LogP contribution in [0.3, 0.4) is 0 Å². The summed E-state index contributed by atoms with van der Waals surface area (Å²) < 4.78 is 24.2. The molecule has 0 heterocycles. The van der Waals surface area contributed by atoms with Crippen LogP contribution in [-0.2, 0) is 22.3 Å². The average Bonchev–Trinajstić information content (AvgIpc) is 3.01. The Labute approximate surface area is 256 Å². The van der Waals surface area contributed by atoms with Gasteiger partial charge < -0.3 is 30.4 Å². The van der Waals surface area contributed by atoms with Gasteiger partial charge in [-0.25, -0.2) is 0 Å². The fraction of sp³-hybridized carbons (Fsp3) is 0.667.